The van der Waals surface area contributed by atoms with Gasteiger partial charge in [0.15, 0.2) is 0 Å². The van der Waals surface area contributed by atoms with Gasteiger partial charge in [-0.3, -0.25) is 4.79 Å². The summed E-state index contributed by atoms with van der Waals surface area (Å²) in [6.45, 7) is 2.45. The van der Waals surface area contributed by atoms with E-state index >= 15 is 0 Å². The largest absolute Gasteiger partial charge is 0.497 e. The third kappa shape index (κ3) is 4.38. The van der Waals surface area contributed by atoms with Gasteiger partial charge in [-0.05, 0) is 34.9 Å². The zero-order valence-electron chi connectivity index (χ0n) is 13.0. The Morgan fingerprint density at radius 3 is 2.64 bits per heavy atom. The lowest BCUT2D eigenvalue weighted by Crippen LogP contribution is -2.11. The number of methoxy groups -OCH3 is 1. The summed E-state index contributed by atoms with van der Waals surface area (Å²) in [6, 6.07) is 12.3. The van der Waals surface area contributed by atoms with Gasteiger partial charge in [-0.1, -0.05) is 31.2 Å². The predicted octanol–water partition coefficient (Wildman–Crippen LogP) is 4.51. The van der Waals surface area contributed by atoms with Gasteiger partial charge in [0, 0.05) is 18.2 Å². The molecule has 0 radical (unpaired) electrons. The van der Waals surface area contributed by atoms with E-state index in [9.17, 15) is 4.79 Å². The van der Waals surface area contributed by atoms with E-state index in [2.05, 4.69) is 25.1 Å². The van der Waals surface area contributed by atoms with E-state index in [1.807, 2.05) is 18.2 Å². The highest BCUT2D eigenvalue weighted by atomic mass is 35.5. The van der Waals surface area contributed by atoms with Crippen molar-refractivity contribution in [3.8, 4) is 5.75 Å². The molecular formula is C18H21ClO3. The quantitative estimate of drug-likeness (QED) is 0.556. The number of ether oxygens (including phenoxy) is 2. The zero-order chi connectivity index (χ0) is 15.9. The van der Waals surface area contributed by atoms with Gasteiger partial charge in [0.1, 0.15) is 5.75 Å². The first kappa shape index (κ1) is 16.6. The van der Waals surface area contributed by atoms with E-state index in [-0.39, 0.29) is 11.9 Å². The third-order valence-electron chi connectivity index (χ3n) is 3.65. The Bertz CT molecular complexity index is 639. The number of alkyl halides is 1. The fourth-order valence-electron chi connectivity index (χ4n) is 2.27. The number of carbonyl (C=O) groups excluding carboxylic acids is 1. The van der Waals surface area contributed by atoms with Crippen LogP contribution in [0.25, 0.3) is 10.8 Å². The molecule has 0 aliphatic heterocycles. The highest BCUT2D eigenvalue weighted by molar-refractivity contribution is 6.17. The van der Waals surface area contributed by atoms with Gasteiger partial charge < -0.3 is 9.47 Å². The Balaban J connectivity index is 2.02. The third-order valence-corrected chi connectivity index (χ3v) is 3.92. The molecule has 0 heterocycles. The zero-order valence-corrected chi connectivity index (χ0v) is 13.7. The molecule has 4 heteroatoms. The number of hydrogen-bond donors (Lipinski definition) is 0. The molecule has 2 aromatic carbocycles. The smallest absolute Gasteiger partial charge is 0.305 e. The normalized spacial score (nSPS) is 12.1. The maximum absolute atomic E-state index is 11.5. The van der Waals surface area contributed by atoms with Crippen molar-refractivity contribution in [2.45, 2.75) is 25.7 Å². The summed E-state index contributed by atoms with van der Waals surface area (Å²) in [7, 11) is 1.66. The molecule has 2 rings (SSSR count). The van der Waals surface area contributed by atoms with Crippen LogP contribution in [0.15, 0.2) is 36.4 Å². The first-order valence-electron chi connectivity index (χ1n) is 7.43. The summed E-state index contributed by atoms with van der Waals surface area (Å²) < 4.78 is 10.5. The standard InChI is InChI=1S/C18H21ClO3/c1-13(12-22-18(20)4-3-9-19)14-5-6-16-11-17(21-2)8-7-15(16)10-14/h5-8,10-11,13H,3-4,9,12H2,1-2H3/t13-/m1/s1. The summed E-state index contributed by atoms with van der Waals surface area (Å²) in [4.78, 5) is 11.5. The van der Waals surface area contributed by atoms with Gasteiger partial charge in [-0.25, -0.2) is 0 Å². The number of halogens is 1. The van der Waals surface area contributed by atoms with Gasteiger partial charge in [-0.15, -0.1) is 11.6 Å². The van der Waals surface area contributed by atoms with Gasteiger partial charge in [0.2, 0.25) is 0 Å². The minimum absolute atomic E-state index is 0.159. The van der Waals surface area contributed by atoms with Crippen molar-refractivity contribution in [1.82, 2.24) is 0 Å². The monoisotopic (exact) mass is 320 g/mol. The van der Waals surface area contributed by atoms with E-state index in [4.69, 9.17) is 21.1 Å². The van der Waals surface area contributed by atoms with Crippen LogP contribution in [0.2, 0.25) is 0 Å². The average molecular weight is 321 g/mol. The summed E-state index contributed by atoms with van der Waals surface area (Å²) in [5.41, 5.74) is 1.16. The summed E-state index contributed by atoms with van der Waals surface area (Å²) >= 11 is 5.56. The lowest BCUT2D eigenvalue weighted by atomic mass is 9.98. The minimum Gasteiger partial charge on any atom is -0.497 e. The molecule has 0 aromatic heterocycles. The molecule has 0 spiro atoms. The molecule has 1 atom stereocenters. The van der Waals surface area contributed by atoms with E-state index in [1.165, 1.54) is 0 Å². The molecular weight excluding hydrogens is 300 g/mol. The molecule has 0 bridgehead atoms. The van der Waals surface area contributed by atoms with Crippen LogP contribution in [0.4, 0.5) is 0 Å². The lowest BCUT2D eigenvalue weighted by molar-refractivity contribution is -0.144. The summed E-state index contributed by atoms with van der Waals surface area (Å²) in [5.74, 6) is 1.31. The number of esters is 1. The van der Waals surface area contributed by atoms with Crippen LogP contribution >= 0.6 is 11.6 Å². The molecule has 22 heavy (non-hydrogen) atoms. The number of carbonyl (C=O) groups is 1. The van der Waals surface area contributed by atoms with Crippen LogP contribution < -0.4 is 4.74 Å². The van der Waals surface area contributed by atoms with E-state index in [1.54, 1.807) is 7.11 Å². The van der Waals surface area contributed by atoms with Crippen LogP contribution in [-0.2, 0) is 9.53 Å². The number of rotatable bonds is 7. The summed E-state index contributed by atoms with van der Waals surface area (Å²) in [5, 5.41) is 2.29. The molecule has 118 valence electrons. The van der Waals surface area contributed by atoms with Crippen molar-refractivity contribution in [3.05, 3.63) is 42.0 Å². The fraction of sp³-hybridized carbons (Fsp3) is 0.389. The second kappa shape index (κ2) is 8.04. The van der Waals surface area contributed by atoms with Gasteiger partial charge in [-0.2, -0.15) is 0 Å². The first-order chi connectivity index (χ1) is 10.6. The minimum atomic E-state index is -0.182. The van der Waals surface area contributed by atoms with Crippen LogP contribution in [0.5, 0.6) is 5.75 Å². The predicted molar refractivity (Wildman–Crippen MR) is 89.8 cm³/mol. The molecule has 2 aromatic rings. The van der Waals surface area contributed by atoms with Crippen molar-refractivity contribution in [3.63, 3.8) is 0 Å². The second-order valence-electron chi connectivity index (χ2n) is 5.35. The maximum Gasteiger partial charge on any atom is 0.305 e. The fourth-order valence-corrected chi connectivity index (χ4v) is 2.41. The van der Waals surface area contributed by atoms with Crippen LogP contribution in [0, 0.1) is 0 Å². The van der Waals surface area contributed by atoms with Crippen LogP contribution in [0.3, 0.4) is 0 Å². The SMILES string of the molecule is COc1ccc2cc([C@H](C)COC(=O)CCCCl)ccc2c1. The average Bonchev–Trinajstić information content (AvgIpc) is 2.56. The van der Waals surface area contributed by atoms with Crippen molar-refractivity contribution in [2.75, 3.05) is 19.6 Å². The number of fused-ring (bicyclic) bond motifs is 1. The molecule has 0 saturated carbocycles. The second-order valence-corrected chi connectivity index (χ2v) is 5.73. The van der Waals surface area contributed by atoms with Crippen molar-refractivity contribution < 1.29 is 14.3 Å². The Kier molecular flexibility index (Phi) is 6.08. The van der Waals surface area contributed by atoms with E-state index in [0.717, 1.165) is 22.1 Å². The molecule has 3 nitrogen and oxygen atoms in total. The van der Waals surface area contributed by atoms with E-state index < -0.39 is 0 Å². The Morgan fingerprint density at radius 1 is 1.18 bits per heavy atom. The number of hydrogen-bond acceptors (Lipinski definition) is 3. The highest BCUT2D eigenvalue weighted by Crippen LogP contribution is 2.25. The molecule has 0 fully saturated rings. The van der Waals surface area contributed by atoms with Crippen molar-refractivity contribution in [1.29, 1.82) is 0 Å². The van der Waals surface area contributed by atoms with Crippen LogP contribution in [0.1, 0.15) is 31.2 Å². The lowest BCUT2D eigenvalue weighted by Gasteiger charge is -2.13. The molecule has 0 amide bonds. The van der Waals surface area contributed by atoms with Crippen LogP contribution in [-0.4, -0.2) is 25.6 Å². The Morgan fingerprint density at radius 2 is 1.91 bits per heavy atom. The Labute approximate surface area is 136 Å². The van der Waals surface area contributed by atoms with Gasteiger partial charge in [0.25, 0.3) is 0 Å². The highest BCUT2D eigenvalue weighted by Gasteiger charge is 2.10. The summed E-state index contributed by atoms with van der Waals surface area (Å²) in [6.07, 6.45) is 1.04. The van der Waals surface area contributed by atoms with Crippen molar-refractivity contribution in [2.24, 2.45) is 0 Å². The van der Waals surface area contributed by atoms with Crippen molar-refractivity contribution >= 4 is 28.3 Å². The molecule has 0 aliphatic carbocycles. The first-order valence-corrected chi connectivity index (χ1v) is 7.96. The Hall–Kier alpha value is -1.74. The molecule has 0 aliphatic rings. The topological polar surface area (TPSA) is 35.5 Å². The van der Waals surface area contributed by atoms with Gasteiger partial charge in [0.05, 0.1) is 13.7 Å². The maximum atomic E-state index is 11.5. The molecule has 0 N–H and O–H groups in total. The molecule has 0 saturated heterocycles. The molecule has 0 unspecified atom stereocenters. The number of benzene rings is 2. The van der Waals surface area contributed by atoms with Gasteiger partial charge >= 0.3 is 5.97 Å². The van der Waals surface area contributed by atoms with E-state index in [0.29, 0.717) is 25.3 Å².